The molecule has 0 bridgehead atoms. The molecule has 1 aliphatic rings. The molecule has 5 aromatic rings. The van der Waals surface area contributed by atoms with Crippen molar-refractivity contribution in [2.45, 2.75) is 26.3 Å². The van der Waals surface area contributed by atoms with Gasteiger partial charge in [0.25, 0.3) is 0 Å². The predicted octanol–water partition coefficient (Wildman–Crippen LogP) is 2.83. The lowest BCUT2D eigenvalue weighted by atomic mass is 9.99. The first kappa shape index (κ1) is 23.8. The molecule has 0 aliphatic carbocycles. The van der Waals surface area contributed by atoms with Crippen molar-refractivity contribution in [1.82, 2.24) is 39.9 Å². The molecular weight excluding hydrogens is 476 g/mol. The Morgan fingerprint density at radius 3 is 2.83 bits per heavy atom. The van der Waals surface area contributed by atoms with Crippen LogP contribution in [0.1, 0.15) is 23.6 Å². The number of nitrogens with two attached hydrogens (primary N) is 1. The number of aromatic nitrogens is 7. The number of nitrogen functional groups attached to an aromatic ring is 1. The fraction of sp³-hybridized carbons (Fsp3) is 0.280. The fourth-order valence-corrected chi connectivity index (χ4v) is 4.57. The maximum absolute atomic E-state index is 6.35. The molecule has 1 aliphatic heterocycles. The van der Waals surface area contributed by atoms with Crippen LogP contribution >= 0.6 is 12.4 Å². The van der Waals surface area contributed by atoms with E-state index >= 15 is 0 Å². The number of hydrogen-bond acceptors (Lipinski definition) is 9. The van der Waals surface area contributed by atoms with Gasteiger partial charge in [0, 0.05) is 37.4 Å². The van der Waals surface area contributed by atoms with E-state index in [2.05, 4.69) is 68.4 Å². The normalized spacial score (nSPS) is 15.8. The quantitative estimate of drug-likeness (QED) is 0.381. The van der Waals surface area contributed by atoms with E-state index < -0.39 is 0 Å². The first-order valence-electron chi connectivity index (χ1n) is 11.7. The van der Waals surface area contributed by atoms with Gasteiger partial charge in [0.05, 0.1) is 6.20 Å². The van der Waals surface area contributed by atoms with E-state index in [1.807, 2.05) is 12.3 Å². The lowest BCUT2D eigenvalue weighted by Crippen LogP contribution is -2.50. The molecule has 3 N–H and O–H groups in total. The van der Waals surface area contributed by atoms with E-state index in [4.69, 9.17) is 15.7 Å². The molecule has 6 rings (SSSR count). The summed E-state index contributed by atoms with van der Waals surface area (Å²) in [7, 11) is 0. The summed E-state index contributed by atoms with van der Waals surface area (Å²) < 4.78 is 1.76. The zero-order valence-corrected chi connectivity index (χ0v) is 20.9. The minimum atomic E-state index is 0. The zero-order chi connectivity index (χ0) is 23.9. The van der Waals surface area contributed by atoms with Crippen molar-refractivity contribution in [2.75, 3.05) is 30.3 Å². The summed E-state index contributed by atoms with van der Waals surface area (Å²) >= 11 is 0. The van der Waals surface area contributed by atoms with Crippen molar-refractivity contribution in [3.05, 3.63) is 65.7 Å². The highest BCUT2D eigenvalue weighted by molar-refractivity contribution is 5.86. The second-order valence-corrected chi connectivity index (χ2v) is 9.00. The highest BCUT2D eigenvalue weighted by Crippen LogP contribution is 2.26. The van der Waals surface area contributed by atoms with Gasteiger partial charge in [-0.2, -0.15) is 5.10 Å². The maximum atomic E-state index is 6.35. The molecule has 1 saturated heterocycles. The Hall–Kier alpha value is -3.89. The standard InChI is InChI=1S/C25H26N10.ClH/c1-15-9-19(4-3-18(15)10-17-5-7-35-21(11-17)29-14-30-35)24-31-20-13-28-25(32-22(20)23(26)33-24)34-8-6-27-12-16(34)2;/h3-5,7,9,11,13-14,16,27H,6,8,10,12H2,1-2H3,(H2,26,31,33);1H/t16-;/m0./s1. The number of nitrogens with one attached hydrogen (secondary N) is 1. The molecule has 0 unspecified atom stereocenters. The van der Waals surface area contributed by atoms with Gasteiger partial charge in [0.15, 0.2) is 17.3 Å². The van der Waals surface area contributed by atoms with Crippen LogP contribution in [0.2, 0.25) is 0 Å². The topological polar surface area (TPSA) is 123 Å². The van der Waals surface area contributed by atoms with E-state index in [0.717, 1.165) is 42.8 Å². The number of halogens is 1. The third-order valence-corrected chi connectivity index (χ3v) is 6.55. The second kappa shape index (κ2) is 9.63. The van der Waals surface area contributed by atoms with Gasteiger partial charge >= 0.3 is 0 Å². The summed E-state index contributed by atoms with van der Waals surface area (Å²) in [5, 5.41) is 7.54. The zero-order valence-electron chi connectivity index (χ0n) is 20.1. The Bertz CT molecular complexity index is 1550. The number of rotatable bonds is 4. The lowest BCUT2D eigenvalue weighted by Gasteiger charge is -2.33. The molecule has 10 nitrogen and oxygen atoms in total. The summed E-state index contributed by atoms with van der Waals surface area (Å²) in [4.78, 5) is 25.1. The molecule has 0 radical (unpaired) electrons. The molecule has 1 fully saturated rings. The molecule has 1 aromatic carbocycles. The number of aryl methyl sites for hydroxylation is 1. The van der Waals surface area contributed by atoms with Crippen molar-refractivity contribution in [3.63, 3.8) is 0 Å². The molecule has 5 heterocycles. The van der Waals surface area contributed by atoms with Crippen LogP contribution in [0.3, 0.4) is 0 Å². The van der Waals surface area contributed by atoms with Gasteiger partial charge in [-0.15, -0.1) is 12.4 Å². The lowest BCUT2D eigenvalue weighted by molar-refractivity contribution is 0.493. The Morgan fingerprint density at radius 1 is 1.11 bits per heavy atom. The first-order chi connectivity index (χ1) is 17.0. The van der Waals surface area contributed by atoms with Gasteiger partial charge < -0.3 is 16.0 Å². The van der Waals surface area contributed by atoms with Crippen LogP contribution in [0.15, 0.2) is 49.1 Å². The van der Waals surface area contributed by atoms with E-state index in [-0.39, 0.29) is 12.4 Å². The largest absolute Gasteiger partial charge is 0.382 e. The Balaban J connectivity index is 0.00000267. The maximum Gasteiger partial charge on any atom is 0.226 e. The van der Waals surface area contributed by atoms with Crippen LogP contribution in [0, 0.1) is 6.92 Å². The second-order valence-electron chi connectivity index (χ2n) is 9.00. The minimum absolute atomic E-state index is 0. The van der Waals surface area contributed by atoms with Gasteiger partial charge in [-0.05, 0) is 55.2 Å². The van der Waals surface area contributed by atoms with Gasteiger partial charge in [-0.1, -0.05) is 12.1 Å². The SMILES string of the molecule is Cc1cc(-c2nc(N)c3nc(N4CCNC[C@@H]4C)ncc3n2)ccc1Cc1ccn2ncnc2c1.Cl. The number of pyridine rings is 1. The van der Waals surface area contributed by atoms with Gasteiger partial charge in [0.1, 0.15) is 17.4 Å². The molecule has 0 saturated carbocycles. The fourth-order valence-electron chi connectivity index (χ4n) is 4.57. The van der Waals surface area contributed by atoms with E-state index in [1.165, 1.54) is 11.1 Å². The van der Waals surface area contributed by atoms with Crippen LogP contribution in [0.25, 0.3) is 28.1 Å². The number of anilines is 2. The van der Waals surface area contributed by atoms with E-state index in [9.17, 15) is 0 Å². The molecule has 4 aromatic heterocycles. The van der Waals surface area contributed by atoms with Crippen LogP contribution < -0.4 is 16.0 Å². The molecule has 184 valence electrons. The van der Waals surface area contributed by atoms with Crippen molar-refractivity contribution in [3.8, 4) is 11.4 Å². The predicted molar refractivity (Wildman–Crippen MR) is 142 cm³/mol. The summed E-state index contributed by atoms with van der Waals surface area (Å²) in [5.74, 6) is 1.60. The Kier molecular flexibility index (Phi) is 6.38. The molecular formula is C25H27ClN10. The highest BCUT2D eigenvalue weighted by Gasteiger charge is 2.21. The summed E-state index contributed by atoms with van der Waals surface area (Å²) in [6.45, 7) is 6.91. The van der Waals surface area contributed by atoms with Crippen LogP contribution in [0.4, 0.5) is 11.8 Å². The van der Waals surface area contributed by atoms with Crippen LogP contribution in [0.5, 0.6) is 0 Å². The number of nitrogens with zero attached hydrogens (tertiary/aromatic N) is 8. The molecule has 36 heavy (non-hydrogen) atoms. The first-order valence-corrected chi connectivity index (χ1v) is 11.7. The van der Waals surface area contributed by atoms with Crippen LogP contribution in [-0.4, -0.2) is 60.2 Å². The monoisotopic (exact) mass is 502 g/mol. The Labute approximate surface area is 214 Å². The summed E-state index contributed by atoms with van der Waals surface area (Å²) in [6.07, 6.45) is 6.04. The minimum Gasteiger partial charge on any atom is -0.382 e. The van der Waals surface area contributed by atoms with Crippen molar-refractivity contribution >= 4 is 40.9 Å². The van der Waals surface area contributed by atoms with Crippen molar-refractivity contribution in [2.24, 2.45) is 0 Å². The molecule has 11 heteroatoms. The highest BCUT2D eigenvalue weighted by atomic mass is 35.5. The van der Waals surface area contributed by atoms with Gasteiger partial charge in [0.2, 0.25) is 5.95 Å². The van der Waals surface area contributed by atoms with Gasteiger partial charge in [-0.3, -0.25) is 0 Å². The van der Waals surface area contributed by atoms with E-state index in [1.54, 1.807) is 17.0 Å². The molecule has 1 atom stereocenters. The number of benzene rings is 1. The number of piperazine rings is 1. The average molecular weight is 503 g/mol. The van der Waals surface area contributed by atoms with Crippen molar-refractivity contribution < 1.29 is 0 Å². The van der Waals surface area contributed by atoms with Gasteiger partial charge in [-0.25, -0.2) is 29.4 Å². The van der Waals surface area contributed by atoms with Crippen molar-refractivity contribution in [1.29, 1.82) is 0 Å². The average Bonchev–Trinajstić information content (AvgIpc) is 3.33. The third-order valence-electron chi connectivity index (χ3n) is 6.55. The molecule has 0 amide bonds. The number of fused-ring (bicyclic) bond motifs is 2. The summed E-state index contributed by atoms with van der Waals surface area (Å²) in [5.41, 5.74) is 12.9. The van der Waals surface area contributed by atoms with Crippen LogP contribution in [-0.2, 0) is 6.42 Å². The molecule has 0 spiro atoms. The Morgan fingerprint density at radius 2 is 2.00 bits per heavy atom. The summed E-state index contributed by atoms with van der Waals surface area (Å²) in [6, 6.07) is 10.7. The third kappa shape index (κ3) is 4.40. The smallest absolute Gasteiger partial charge is 0.226 e. The number of hydrogen-bond donors (Lipinski definition) is 2. The van der Waals surface area contributed by atoms with E-state index in [0.29, 0.717) is 34.7 Å².